The Labute approximate surface area is 199 Å². The Hall–Kier alpha value is -4.87. The van der Waals surface area contributed by atoms with Gasteiger partial charge in [0.15, 0.2) is 0 Å². The number of benzene rings is 1. The van der Waals surface area contributed by atoms with Crippen LogP contribution >= 0.6 is 0 Å². The maximum atomic E-state index is 13.4. The van der Waals surface area contributed by atoms with Crippen molar-refractivity contribution < 1.29 is 13.2 Å². The smallest absolute Gasteiger partial charge is 0.306 e. The first-order chi connectivity index (χ1) is 17.3. The van der Waals surface area contributed by atoms with Crippen LogP contribution in [-0.2, 0) is 6.18 Å². The second-order valence-corrected chi connectivity index (χ2v) is 8.17. The zero-order valence-corrected chi connectivity index (χ0v) is 18.2. The minimum absolute atomic E-state index is 0.0410. The first kappa shape index (κ1) is 21.6. The standard InChI is InChI=1S/C24H15F3N8O/c25-24(26,27)13-9-31-35(11-13)18-8-15(14-2-1-3-17-16(14)10-30-34-17)20(28)19-21(18)32-22(33-23(19)36)12-4-6-29-7-5-12/h1-11,15,28H,(H,30,34)(H,32,33,36). The number of aromatic amines is 2. The fourth-order valence-corrected chi connectivity index (χ4v) is 4.32. The molecule has 6 rings (SSSR count). The monoisotopic (exact) mass is 488 g/mol. The Balaban J connectivity index is 1.61. The summed E-state index contributed by atoms with van der Waals surface area (Å²) in [6, 6.07) is 8.65. The van der Waals surface area contributed by atoms with Crippen molar-refractivity contribution >= 4 is 22.3 Å². The van der Waals surface area contributed by atoms with Crippen molar-refractivity contribution in [1.29, 1.82) is 5.41 Å². The van der Waals surface area contributed by atoms with Gasteiger partial charge in [-0.2, -0.15) is 23.4 Å². The van der Waals surface area contributed by atoms with Gasteiger partial charge in [-0.1, -0.05) is 12.1 Å². The average molecular weight is 488 g/mol. The Morgan fingerprint density at radius 3 is 2.64 bits per heavy atom. The van der Waals surface area contributed by atoms with Crippen LogP contribution in [0.3, 0.4) is 0 Å². The average Bonchev–Trinajstić information content (AvgIpc) is 3.55. The summed E-state index contributed by atoms with van der Waals surface area (Å²) in [6.45, 7) is 0. The molecule has 4 aromatic heterocycles. The van der Waals surface area contributed by atoms with Crippen molar-refractivity contribution in [3.63, 3.8) is 0 Å². The fourth-order valence-electron chi connectivity index (χ4n) is 4.32. The Morgan fingerprint density at radius 2 is 1.89 bits per heavy atom. The number of H-pyrrole nitrogens is 2. The topological polar surface area (TPSA) is 129 Å². The number of nitrogens with one attached hydrogen (secondary N) is 3. The lowest BCUT2D eigenvalue weighted by molar-refractivity contribution is -0.137. The third-order valence-electron chi connectivity index (χ3n) is 6.03. The van der Waals surface area contributed by atoms with E-state index in [1.54, 1.807) is 36.5 Å². The van der Waals surface area contributed by atoms with E-state index in [1.165, 1.54) is 12.4 Å². The predicted octanol–water partition coefficient (Wildman–Crippen LogP) is 3.98. The fraction of sp³-hybridized carbons (Fsp3) is 0.0833. The van der Waals surface area contributed by atoms with Gasteiger partial charge in [0.2, 0.25) is 0 Å². The van der Waals surface area contributed by atoms with Gasteiger partial charge in [-0.25, -0.2) is 9.67 Å². The van der Waals surface area contributed by atoms with E-state index >= 15 is 0 Å². The number of rotatable bonds is 3. The lowest BCUT2D eigenvalue weighted by atomic mass is 9.83. The van der Waals surface area contributed by atoms with E-state index in [9.17, 15) is 18.0 Å². The molecule has 0 amide bonds. The van der Waals surface area contributed by atoms with Crippen LogP contribution in [0.2, 0.25) is 0 Å². The molecule has 36 heavy (non-hydrogen) atoms. The van der Waals surface area contributed by atoms with Crippen LogP contribution < -0.4 is 5.56 Å². The summed E-state index contributed by atoms with van der Waals surface area (Å²) in [5, 5.41) is 20.5. The maximum Gasteiger partial charge on any atom is 0.419 e. The molecule has 1 unspecified atom stereocenters. The van der Waals surface area contributed by atoms with E-state index in [2.05, 4.69) is 30.2 Å². The van der Waals surface area contributed by atoms with Gasteiger partial charge in [0, 0.05) is 35.5 Å². The van der Waals surface area contributed by atoms with Crippen LogP contribution in [0.1, 0.15) is 28.3 Å². The molecule has 3 N–H and O–H groups in total. The molecule has 9 nitrogen and oxygen atoms in total. The van der Waals surface area contributed by atoms with Crippen LogP contribution in [0.4, 0.5) is 13.2 Å². The minimum atomic E-state index is -4.60. The van der Waals surface area contributed by atoms with Crippen molar-refractivity contribution in [1.82, 2.24) is 34.9 Å². The zero-order valence-electron chi connectivity index (χ0n) is 18.2. The van der Waals surface area contributed by atoms with Crippen LogP contribution in [0.15, 0.2) is 72.2 Å². The summed E-state index contributed by atoms with van der Waals surface area (Å²) in [7, 11) is 0. The summed E-state index contributed by atoms with van der Waals surface area (Å²) in [6.07, 6.45) is 3.21. The third-order valence-corrected chi connectivity index (χ3v) is 6.03. The van der Waals surface area contributed by atoms with Crippen LogP contribution in [0.5, 0.6) is 0 Å². The summed E-state index contributed by atoms with van der Waals surface area (Å²) in [5.74, 6) is -0.569. The predicted molar refractivity (Wildman–Crippen MR) is 124 cm³/mol. The molecule has 5 aromatic rings. The molecule has 0 saturated carbocycles. The molecule has 1 aliphatic rings. The van der Waals surface area contributed by atoms with Crippen molar-refractivity contribution in [3.05, 3.63) is 100 Å². The number of hydrogen-bond acceptors (Lipinski definition) is 6. The summed E-state index contributed by atoms with van der Waals surface area (Å²) >= 11 is 0. The van der Waals surface area contributed by atoms with Gasteiger partial charge in [-0.3, -0.25) is 14.9 Å². The van der Waals surface area contributed by atoms with Gasteiger partial charge in [0.1, 0.15) is 11.5 Å². The van der Waals surface area contributed by atoms with E-state index in [0.717, 1.165) is 21.8 Å². The molecule has 0 fully saturated rings. The van der Waals surface area contributed by atoms with Gasteiger partial charge in [-0.15, -0.1) is 0 Å². The Morgan fingerprint density at radius 1 is 1.08 bits per heavy atom. The summed E-state index contributed by atoms with van der Waals surface area (Å²) in [5.41, 5.74) is 0.535. The van der Waals surface area contributed by atoms with Gasteiger partial charge in [0.25, 0.3) is 5.56 Å². The van der Waals surface area contributed by atoms with Crippen molar-refractivity contribution in [2.24, 2.45) is 0 Å². The molecule has 178 valence electrons. The first-order valence-corrected chi connectivity index (χ1v) is 10.7. The largest absolute Gasteiger partial charge is 0.419 e. The molecular weight excluding hydrogens is 473 g/mol. The molecule has 12 heteroatoms. The van der Waals surface area contributed by atoms with Crippen molar-refractivity contribution in [2.75, 3.05) is 0 Å². The lowest BCUT2D eigenvalue weighted by Gasteiger charge is -2.25. The highest BCUT2D eigenvalue weighted by Gasteiger charge is 2.35. The SMILES string of the molecule is N=C1c2c(nc(-c3ccncc3)[nH]c2=O)C(n2cc(C(F)(F)F)cn2)=CC1c1cccc2[nH]ncc12. The normalized spacial score (nSPS) is 15.7. The molecule has 0 radical (unpaired) electrons. The Bertz CT molecular complexity index is 1730. The van der Waals surface area contributed by atoms with E-state index in [0.29, 0.717) is 17.3 Å². The zero-order chi connectivity index (χ0) is 25.0. The second kappa shape index (κ2) is 7.83. The first-order valence-electron chi connectivity index (χ1n) is 10.7. The molecule has 4 heterocycles. The molecule has 0 aliphatic heterocycles. The Kier molecular flexibility index (Phi) is 4.71. The highest BCUT2D eigenvalue weighted by molar-refractivity contribution is 6.11. The number of aromatic nitrogens is 7. The molecule has 1 atom stereocenters. The highest BCUT2D eigenvalue weighted by Crippen LogP contribution is 2.37. The molecule has 1 aromatic carbocycles. The van der Waals surface area contributed by atoms with Crippen LogP contribution in [0.25, 0.3) is 28.0 Å². The number of nitrogens with zero attached hydrogens (tertiary/aromatic N) is 5. The molecular formula is C24H15F3N8O. The highest BCUT2D eigenvalue weighted by atomic mass is 19.4. The second-order valence-electron chi connectivity index (χ2n) is 8.17. The molecule has 0 spiro atoms. The minimum Gasteiger partial charge on any atom is -0.306 e. The number of fused-ring (bicyclic) bond motifs is 2. The van der Waals surface area contributed by atoms with Crippen LogP contribution in [0, 0.1) is 5.41 Å². The van der Waals surface area contributed by atoms with Gasteiger partial charge in [-0.05, 0) is 29.8 Å². The van der Waals surface area contributed by atoms with Crippen LogP contribution in [-0.4, -0.2) is 40.6 Å². The van der Waals surface area contributed by atoms with Gasteiger partial charge in [0.05, 0.1) is 40.4 Å². The summed E-state index contributed by atoms with van der Waals surface area (Å²) < 4.78 is 41.1. The number of hydrogen-bond donors (Lipinski definition) is 3. The maximum absolute atomic E-state index is 13.4. The quantitative estimate of drug-likeness (QED) is 0.354. The molecule has 0 saturated heterocycles. The van der Waals surface area contributed by atoms with E-state index in [-0.39, 0.29) is 28.5 Å². The lowest BCUT2D eigenvalue weighted by Crippen LogP contribution is -2.30. The molecule has 0 bridgehead atoms. The van der Waals surface area contributed by atoms with E-state index < -0.39 is 23.2 Å². The van der Waals surface area contributed by atoms with Crippen molar-refractivity contribution in [2.45, 2.75) is 12.1 Å². The summed E-state index contributed by atoms with van der Waals surface area (Å²) in [4.78, 5) is 24.5. The number of halogens is 3. The van der Waals surface area contributed by atoms with E-state index in [4.69, 9.17) is 5.41 Å². The number of alkyl halides is 3. The molecule has 1 aliphatic carbocycles. The number of allylic oxidation sites excluding steroid dienone is 1. The van der Waals surface area contributed by atoms with Gasteiger partial charge >= 0.3 is 6.18 Å². The van der Waals surface area contributed by atoms with Gasteiger partial charge < -0.3 is 10.4 Å². The number of pyridine rings is 1. The van der Waals surface area contributed by atoms with E-state index in [1.807, 2.05) is 6.07 Å². The third kappa shape index (κ3) is 3.42. The van der Waals surface area contributed by atoms with Crippen molar-refractivity contribution in [3.8, 4) is 11.4 Å².